The number of nitrogens with zero attached hydrogens (tertiary/aromatic N) is 2. The van der Waals surface area contributed by atoms with E-state index in [1.807, 2.05) is 269 Å². The standard InChI is InChI=1S/C51H47FN2O5.C29H27FN2O2.C17H18O3/c1-35(2)47-46(50(57)53-42-26-16-7-17-27-42)45(36-18-8-3-9-19-36)48(37-28-30-41(52)31-29-37)54(47)33-32-43(55)34-44(56)59-49(38-20-10-4-11-21-38)51(58,39-22-12-5-13-23-39)40-24-14-6-15-25-40;1-20(2)27-26(29(34)31-24-12-7-4-8-13-24)25(21-10-5-3-6-11-21)28(32(27)18-9-19-33)22-14-16-23(30)17-15-22;1-13(18)20-16(14-9-5-3-6-10-14)17(2,19)15-11-7-4-8-12-15/h3-31,35,43,49,55,58H,32-34H2,1-2H3,(H,53,57);3-8,10-17,19-20H,9,18H2,1-2H3,(H,31,34);3-12,16,19H,1-2H3/t43-,49+;;16-,17?/m1.0/s1. The number of carbonyl (C=O) groups is 5. The zero-order valence-corrected chi connectivity index (χ0v) is 63.9. The summed E-state index contributed by atoms with van der Waals surface area (Å²) in [6.45, 7) is 11.7. The highest BCUT2D eigenvalue weighted by atomic mass is 19.1. The molecule has 2 amide bonds. The van der Waals surface area contributed by atoms with Gasteiger partial charge in [-0.15, -0.1) is 0 Å². The van der Waals surface area contributed by atoms with Crippen LogP contribution in [0.3, 0.4) is 0 Å². The van der Waals surface area contributed by atoms with Crippen molar-refractivity contribution in [3.63, 3.8) is 0 Å². The molecule has 0 saturated carbocycles. The average Bonchev–Trinajstić information content (AvgIpc) is 1.56. The minimum absolute atomic E-state index is 0.000152. The topological polar surface area (TPSA) is 198 Å². The molecule has 0 aliphatic carbocycles. The molecule has 1 unspecified atom stereocenters. The average molecular weight is 1510 g/mol. The van der Waals surface area contributed by atoms with Gasteiger partial charge in [0.15, 0.2) is 17.8 Å². The number of anilines is 2. The van der Waals surface area contributed by atoms with E-state index >= 15 is 0 Å². The van der Waals surface area contributed by atoms with Crippen LogP contribution in [0.5, 0.6) is 0 Å². The van der Waals surface area contributed by atoms with Gasteiger partial charge in [-0.2, -0.15) is 0 Å². The van der Waals surface area contributed by atoms with Crippen molar-refractivity contribution in [1.82, 2.24) is 9.13 Å². The molecule has 2 aromatic heterocycles. The van der Waals surface area contributed by atoms with E-state index < -0.39 is 47.3 Å². The first-order valence-electron chi connectivity index (χ1n) is 37.8. The van der Waals surface area contributed by atoms with Crippen molar-refractivity contribution in [2.45, 2.75) is 115 Å². The second-order valence-corrected chi connectivity index (χ2v) is 28.3. The third kappa shape index (κ3) is 19.7. The van der Waals surface area contributed by atoms with E-state index in [1.165, 1.54) is 31.2 Å². The van der Waals surface area contributed by atoms with Crippen LogP contribution in [-0.2, 0) is 48.1 Å². The number of carbonyl (C=O) groups excluding carboxylic acids is 5. The highest BCUT2D eigenvalue weighted by molar-refractivity contribution is 6.13. The van der Waals surface area contributed by atoms with Gasteiger partial charge in [-0.05, 0) is 148 Å². The van der Waals surface area contributed by atoms with Crippen LogP contribution in [0, 0.1) is 11.6 Å². The van der Waals surface area contributed by atoms with Crippen molar-refractivity contribution in [3.8, 4) is 44.8 Å². The van der Waals surface area contributed by atoms with Gasteiger partial charge in [0.05, 0.1) is 35.0 Å². The Kier molecular flexibility index (Phi) is 27.5. The summed E-state index contributed by atoms with van der Waals surface area (Å²) in [6.07, 6.45) is -2.13. The Hall–Kier alpha value is -12.7. The molecule has 0 radical (unpaired) electrons. The third-order valence-corrected chi connectivity index (χ3v) is 19.6. The van der Waals surface area contributed by atoms with E-state index in [0.717, 1.165) is 51.2 Å². The van der Waals surface area contributed by atoms with Crippen molar-refractivity contribution >= 4 is 41.4 Å². The lowest BCUT2D eigenvalue weighted by Gasteiger charge is -2.37. The summed E-state index contributed by atoms with van der Waals surface area (Å²) in [6, 6.07) is 96.1. The number of rotatable bonds is 27. The lowest BCUT2D eigenvalue weighted by molar-refractivity contribution is -0.165. The van der Waals surface area contributed by atoms with Gasteiger partial charge in [-0.25, -0.2) is 8.78 Å². The number of aliphatic hydroxyl groups excluding tert-OH is 1. The van der Waals surface area contributed by atoms with Crippen LogP contribution >= 0.6 is 0 Å². The monoisotopic (exact) mass is 1510 g/mol. The van der Waals surface area contributed by atoms with E-state index in [0.29, 0.717) is 74.5 Å². The second kappa shape index (κ2) is 38.3. The number of esters is 2. The number of aldehydes is 1. The van der Waals surface area contributed by atoms with Crippen LogP contribution in [0.4, 0.5) is 20.2 Å². The molecule has 16 heteroatoms. The van der Waals surface area contributed by atoms with Gasteiger partial charge in [0.1, 0.15) is 23.5 Å². The normalized spacial score (nSPS) is 12.5. The summed E-state index contributed by atoms with van der Waals surface area (Å²) in [5.41, 5.74) is 10.1. The first-order valence-corrected chi connectivity index (χ1v) is 37.8. The van der Waals surface area contributed by atoms with Gasteiger partial charge >= 0.3 is 11.9 Å². The van der Waals surface area contributed by atoms with Gasteiger partial charge in [-0.3, -0.25) is 19.2 Å². The van der Waals surface area contributed by atoms with E-state index in [1.54, 1.807) is 67.6 Å². The van der Waals surface area contributed by atoms with E-state index in [4.69, 9.17) is 9.47 Å². The molecule has 0 spiro atoms. The molecule has 5 N–H and O–H groups in total. The van der Waals surface area contributed by atoms with Crippen LogP contribution in [0.2, 0.25) is 0 Å². The van der Waals surface area contributed by atoms with E-state index in [-0.39, 0.29) is 48.9 Å². The van der Waals surface area contributed by atoms with Crippen LogP contribution in [-0.4, -0.2) is 60.6 Å². The minimum atomic E-state index is -1.77. The Balaban J connectivity index is 0.000000195. The molecule has 0 bridgehead atoms. The quantitative estimate of drug-likeness (QED) is 0.0244. The van der Waals surface area contributed by atoms with Gasteiger partial charge in [0.2, 0.25) is 0 Å². The fourth-order valence-electron chi connectivity index (χ4n) is 14.5. The summed E-state index contributed by atoms with van der Waals surface area (Å²) in [5.74, 6) is -2.53. The lowest BCUT2D eigenvalue weighted by Crippen LogP contribution is -2.38. The minimum Gasteiger partial charge on any atom is -0.454 e. The number of aliphatic hydroxyl groups is 3. The smallest absolute Gasteiger partial charge is 0.309 e. The predicted octanol–water partition coefficient (Wildman–Crippen LogP) is 20.8. The molecular formula is C97H92F2N4O10. The van der Waals surface area contributed by atoms with E-state index in [2.05, 4.69) is 15.2 Å². The molecule has 14 nitrogen and oxygen atoms in total. The number of amides is 2. The summed E-state index contributed by atoms with van der Waals surface area (Å²) >= 11 is 0. The Morgan fingerprint density at radius 1 is 0.434 bits per heavy atom. The predicted molar refractivity (Wildman–Crippen MR) is 442 cm³/mol. The molecule has 113 heavy (non-hydrogen) atoms. The molecule has 2 heterocycles. The third-order valence-electron chi connectivity index (χ3n) is 19.6. The summed E-state index contributed by atoms with van der Waals surface area (Å²) in [4.78, 5) is 65.0. The Labute approximate surface area is 658 Å². The van der Waals surface area contributed by atoms with Crippen molar-refractivity contribution in [3.05, 3.63) is 383 Å². The number of hydrogen-bond donors (Lipinski definition) is 5. The van der Waals surface area contributed by atoms with Gasteiger partial charge in [-0.1, -0.05) is 276 Å². The van der Waals surface area contributed by atoms with Crippen LogP contribution in [0.15, 0.2) is 322 Å². The maximum Gasteiger partial charge on any atom is 0.309 e. The number of halogens is 2. The molecule has 0 saturated heterocycles. The highest BCUT2D eigenvalue weighted by Gasteiger charge is 2.45. The molecule has 13 rings (SSSR count). The molecule has 0 aliphatic rings. The number of aromatic nitrogens is 2. The molecule has 574 valence electrons. The number of benzene rings is 11. The van der Waals surface area contributed by atoms with Crippen molar-refractivity contribution < 1.29 is 57.5 Å². The van der Waals surface area contributed by atoms with Crippen LogP contribution in [0.25, 0.3) is 44.8 Å². The molecule has 0 fully saturated rings. The number of nitrogens with one attached hydrogen (secondary N) is 2. The zero-order valence-electron chi connectivity index (χ0n) is 63.9. The van der Waals surface area contributed by atoms with E-state index in [9.17, 15) is 48.1 Å². The summed E-state index contributed by atoms with van der Waals surface area (Å²) in [7, 11) is 0. The SMILES string of the molecule is CC(=O)O[C@@H](c1ccccc1)C(C)(O)c1ccccc1.CC(C)c1c(C(=O)Nc2ccccc2)c(-c2ccccc2)c(-c2ccc(F)cc2)n1CCC=O.CC(C)c1c(C(=O)Nc2ccccc2)c(-c2ccccc2)c(-c2ccc(F)cc2)n1CC[C@@H](O)CC(=O)O[C@@H](c1ccccc1)C(O)(c1ccccc1)c1ccccc1. The van der Waals surface area contributed by atoms with Crippen molar-refractivity contribution in [2.24, 2.45) is 0 Å². The fourth-order valence-corrected chi connectivity index (χ4v) is 14.5. The maximum absolute atomic E-state index is 14.5. The number of para-hydroxylation sites is 2. The van der Waals surface area contributed by atoms with Crippen molar-refractivity contribution in [1.29, 1.82) is 0 Å². The zero-order chi connectivity index (χ0) is 80.0. The largest absolute Gasteiger partial charge is 0.454 e. The van der Waals surface area contributed by atoms with Crippen LogP contribution < -0.4 is 10.6 Å². The molecular weight excluding hydrogens is 1420 g/mol. The lowest BCUT2D eigenvalue weighted by atomic mass is 9.79. The first-order chi connectivity index (χ1) is 54.7. The van der Waals surface area contributed by atoms with Crippen LogP contribution in [0.1, 0.15) is 145 Å². The maximum atomic E-state index is 14.5. The first kappa shape index (κ1) is 81.3. The highest BCUT2D eigenvalue weighted by Crippen LogP contribution is 2.47. The summed E-state index contributed by atoms with van der Waals surface area (Å²) < 4.78 is 43.8. The Bertz CT molecular complexity index is 5210. The van der Waals surface area contributed by atoms with Gasteiger partial charge in [0.25, 0.3) is 11.8 Å². The Morgan fingerprint density at radius 3 is 1.13 bits per heavy atom. The van der Waals surface area contributed by atoms with Gasteiger partial charge in [0, 0.05) is 60.3 Å². The molecule has 13 aromatic rings. The Morgan fingerprint density at radius 2 is 0.770 bits per heavy atom. The molecule has 11 aromatic carbocycles. The number of ether oxygens (including phenoxy) is 2. The number of hydrogen-bond acceptors (Lipinski definition) is 10. The second-order valence-electron chi connectivity index (χ2n) is 28.3. The van der Waals surface area contributed by atoms with Gasteiger partial charge < -0.3 is 49.4 Å². The fraction of sp³-hybridized carbons (Fsp3) is 0.186. The van der Waals surface area contributed by atoms with Crippen molar-refractivity contribution in [2.75, 3.05) is 10.6 Å². The summed E-state index contributed by atoms with van der Waals surface area (Å²) in [5, 5.41) is 41.3. The molecule has 4 atom stereocenters. The molecule has 0 aliphatic heterocycles.